The first-order chi connectivity index (χ1) is 9.38. The van der Waals surface area contributed by atoms with Gasteiger partial charge in [-0.05, 0) is 19.3 Å². The second kappa shape index (κ2) is 11.1. The predicted molar refractivity (Wildman–Crippen MR) is 91.9 cm³/mol. The van der Waals surface area contributed by atoms with E-state index < -0.39 is 6.10 Å². The molecule has 20 heavy (non-hydrogen) atoms. The van der Waals surface area contributed by atoms with Gasteiger partial charge in [0.15, 0.2) is 0 Å². The first-order valence-corrected chi connectivity index (χ1v) is 8.18. The molecule has 1 amide bonds. The Bertz CT molecular complexity index is 365. The Morgan fingerprint density at radius 1 is 1.40 bits per heavy atom. The summed E-state index contributed by atoms with van der Waals surface area (Å²) in [6, 6.07) is 0. The van der Waals surface area contributed by atoms with E-state index in [0.29, 0.717) is 10.2 Å². The molecule has 0 radical (unpaired) electrons. The molecule has 0 fully saturated rings. The summed E-state index contributed by atoms with van der Waals surface area (Å²) in [6.07, 6.45) is 7.34. The van der Waals surface area contributed by atoms with Crippen molar-refractivity contribution in [3.63, 3.8) is 0 Å². The molecular weight excluding hydrogens is 290 g/mol. The minimum Gasteiger partial charge on any atom is -0.388 e. The van der Waals surface area contributed by atoms with E-state index in [-0.39, 0.29) is 12.3 Å². The number of carbonyl (C=O) groups is 1. The fourth-order valence-electron chi connectivity index (χ4n) is 1.27. The van der Waals surface area contributed by atoms with E-state index in [1.54, 1.807) is 19.2 Å². The van der Waals surface area contributed by atoms with Crippen molar-refractivity contribution in [2.45, 2.75) is 39.7 Å². The third-order valence-electron chi connectivity index (χ3n) is 2.59. The zero-order chi connectivity index (χ0) is 15.5. The molecule has 0 aromatic rings. The van der Waals surface area contributed by atoms with Crippen molar-refractivity contribution in [3.05, 3.63) is 24.3 Å². The van der Waals surface area contributed by atoms with Crippen LogP contribution in [0.25, 0.3) is 0 Å². The molecule has 0 aliphatic rings. The van der Waals surface area contributed by atoms with Gasteiger partial charge in [0.1, 0.15) is 4.32 Å². The van der Waals surface area contributed by atoms with Crippen molar-refractivity contribution in [1.29, 1.82) is 0 Å². The number of nitrogens with zero attached hydrogens (tertiary/aromatic N) is 1. The molecule has 1 unspecified atom stereocenters. The Balaban J connectivity index is 4.16. The summed E-state index contributed by atoms with van der Waals surface area (Å²) in [7, 11) is 1.66. The molecule has 0 spiro atoms. The van der Waals surface area contributed by atoms with Crippen LogP contribution in [0.3, 0.4) is 0 Å². The largest absolute Gasteiger partial charge is 0.388 e. The van der Waals surface area contributed by atoms with Crippen molar-refractivity contribution in [1.82, 2.24) is 4.90 Å². The van der Waals surface area contributed by atoms with E-state index in [4.69, 9.17) is 12.2 Å². The zero-order valence-electron chi connectivity index (χ0n) is 12.7. The van der Waals surface area contributed by atoms with Crippen LogP contribution in [0.2, 0.25) is 0 Å². The molecule has 0 bridgehead atoms. The second-order valence-corrected chi connectivity index (χ2v) is 6.66. The molecule has 0 aliphatic heterocycles. The highest BCUT2D eigenvalue weighted by atomic mass is 32.2. The third-order valence-corrected chi connectivity index (χ3v) is 4.18. The van der Waals surface area contributed by atoms with Gasteiger partial charge in [0.05, 0.1) is 12.5 Å². The van der Waals surface area contributed by atoms with Gasteiger partial charge in [0.25, 0.3) is 0 Å². The van der Waals surface area contributed by atoms with Crippen molar-refractivity contribution in [2.24, 2.45) is 5.92 Å². The molecule has 1 atom stereocenters. The second-order valence-electron chi connectivity index (χ2n) is 4.93. The molecular formula is C15H25NO2S2. The summed E-state index contributed by atoms with van der Waals surface area (Å²) in [4.78, 5) is 13.4. The standard InChI is InChI=1S/C15H25NO2S2/c1-5-6-7-8-13(17)11-14(18)16(4)15(19)20-10-9-12(2)3/h5-8,12-13,17H,9-11H2,1-4H3/b6-5+,8-7+. The van der Waals surface area contributed by atoms with Crippen LogP contribution in [0.1, 0.15) is 33.6 Å². The molecule has 0 rings (SSSR count). The van der Waals surface area contributed by atoms with Gasteiger partial charge in [0.2, 0.25) is 5.91 Å². The maximum absolute atomic E-state index is 11.9. The molecule has 3 nitrogen and oxygen atoms in total. The fourth-order valence-corrected chi connectivity index (χ4v) is 2.68. The number of aliphatic hydroxyl groups is 1. The van der Waals surface area contributed by atoms with Crippen molar-refractivity contribution >= 4 is 34.2 Å². The minimum absolute atomic E-state index is 0.0510. The van der Waals surface area contributed by atoms with Crippen molar-refractivity contribution in [3.8, 4) is 0 Å². The van der Waals surface area contributed by atoms with Crippen LogP contribution in [-0.4, -0.2) is 39.1 Å². The smallest absolute Gasteiger partial charge is 0.230 e. The summed E-state index contributed by atoms with van der Waals surface area (Å²) < 4.78 is 0.570. The minimum atomic E-state index is -0.774. The zero-order valence-corrected chi connectivity index (χ0v) is 14.3. The fraction of sp³-hybridized carbons (Fsp3) is 0.600. The lowest BCUT2D eigenvalue weighted by Gasteiger charge is -2.18. The van der Waals surface area contributed by atoms with Gasteiger partial charge in [-0.2, -0.15) is 0 Å². The summed E-state index contributed by atoms with van der Waals surface area (Å²) in [5, 5.41) is 9.71. The average Bonchev–Trinajstić information content (AvgIpc) is 2.37. The van der Waals surface area contributed by atoms with Crippen LogP contribution in [-0.2, 0) is 4.79 Å². The van der Waals surface area contributed by atoms with E-state index in [9.17, 15) is 9.90 Å². The first kappa shape index (κ1) is 19.4. The topological polar surface area (TPSA) is 40.5 Å². The molecule has 114 valence electrons. The Hall–Kier alpha value is -0.650. The van der Waals surface area contributed by atoms with Crippen molar-refractivity contribution < 1.29 is 9.90 Å². The highest BCUT2D eigenvalue weighted by molar-refractivity contribution is 8.22. The Labute approximate surface area is 132 Å². The van der Waals surface area contributed by atoms with Crippen LogP contribution < -0.4 is 0 Å². The number of aliphatic hydroxyl groups excluding tert-OH is 1. The third kappa shape index (κ3) is 9.28. The molecule has 5 heteroatoms. The summed E-state index contributed by atoms with van der Waals surface area (Å²) >= 11 is 6.74. The summed E-state index contributed by atoms with van der Waals surface area (Å²) in [6.45, 7) is 6.21. The van der Waals surface area contributed by atoms with Crippen LogP contribution >= 0.6 is 24.0 Å². The number of allylic oxidation sites excluding steroid dienone is 3. The van der Waals surface area contributed by atoms with Gasteiger partial charge in [0, 0.05) is 12.8 Å². The van der Waals surface area contributed by atoms with E-state index in [1.807, 2.05) is 19.1 Å². The van der Waals surface area contributed by atoms with E-state index in [0.717, 1.165) is 12.2 Å². The van der Waals surface area contributed by atoms with E-state index in [2.05, 4.69) is 13.8 Å². The van der Waals surface area contributed by atoms with Crippen LogP contribution in [0.4, 0.5) is 0 Å². The van der Waals surface area contributed by atoms with Crippen molar-refractivity contribution in [2.75, 3.05) is 12.8 Å². The van der Waals surface area contributed by atoms with Gasteiger partial charge < -0.3 is 10.0 Å². The Morgan fingerprint density at radius 3 is 2.60 bits per heavy atom. The van der Waals surface area contributed by atoms with Crippen LogP contribution in [0.15, 0.2) is 24.3 Å². The molecule has 0 aromatic heterocycles. The maximum Gasteiger partial charge on any atom is 0.230 e. The van der Waals surface area contributed by atoms with E-state index >= 15 is 0 Å². The number of amides is 1. The van der Waals surface area contributed by atoms with Gasteiger partial charge in [-0.25, -0.2) is 0 Å². The molecule has 0 saturated carbocycles. The number of hydrogen-bond acceptors (Lipinski definition) is 4. The number of rotatable bonds is 7. The molecule has 0 aromatic carbocycles. The highest BCUT2D eigenvalue weighted by Crippen LogP contribution is 2.14. The predicted octanol–water partition coefficient (Wildman–Crippen LogP) is 3.39. The maximum atomic E-state index is 11.9. The number of hydrogen-bond donors (Lipinski definition) is 1. The van der Waals surface area contributed by atoms with Gasteiger partial charge in [-0.1, -0.05) is 62.1 Å². The molecule has 0 saturated heterocycles. The van der Waals surface area contributed by atoms with Gasteiger partial charge in [-0.15, -0.1) is 0 Å². The number of thiocarbonyl (C=S) groups is 1. The lowest BCUT2D eigenvalue weighted by molar-refractivity contribution is -0.127. The average molecular weight is 316 g/mol. The molecule has 0 heterocycles. The summed E-state index contributed by atoms with van der Waals surface area (Å²) in [5.41, 5.74) is 0. The van der Waals surface area contributed by atoms with E-state index in [1.165, 1.54) is 16.7 Å². The monoisotopic (exact) mass is 315 g/mol. The lowest BCUT2D eigenvalue weighted by Crippen LogP contribution is -2.32. The Morgan fingerprint density at radius 2 is 2.05 bits per heavy atom. The Kier molecular flexibility index (Phi) is 10.7. The SMILES string of the molecule is C/C=C/C=C/C(O)CC(=O)N(C)C(=S)SCCC(C)C. The highest BCUT2D eigenvalue weighted by Gasteiger charge is 2.16. The first-order valence-electron chi connectivity index (χ1n) is 6.79. The van der Waals surface area contributed by atoms with Gasteiger partial charge >= 0.3 is 0 Å². The van der Waals surface area contributed by atoms with Crippen LogP contribution in [0, 0.1) is 5.92 Å². The normalized spacial score (nSPS) is 13.3. The van der Waals surface area contributed by atoms with Gasteiger partial charge in [-0.3, -0.25) is 4.79 Å². The number of thioether (sulfide) groups is 1. The molecule has 0 aliphatic carbocycles. The quantitative estimate of drug-likeness (QED) is 0.577. The lowest BCUT2D eigenvalue weighted by atomic mass is 10.2. The summed E-state index contributed by atoms with van der Waals surface area (Å²) in [5.74, 6) is 1.38. The van der Waals surface area contributed by atoms with Crippen LogP contribution in [0.5, 0.6) is 0 Å². The molecule has 1 N–H and O–H groups in total. The number of carbonyl (C=O) groups excluding carboxylic acids is 1.